The molecule has 0 radical (unpaired) electrons. The first-order valence-corrected chi connectivity index (χ1v) is 8.00. The normalized spacial score (nSPS) is 23.0. The van der Waals surface area contributed by atoms with E-state index in [1.54, 1.807) is 11.8 Å². The summed E-state index contributed by atoms with van der Waals surface area (Å²) < 4.78 is 0. The summed E-state index contributed by atoms with van der Waals surface area (Å²) in [5.74, 6) is 0.0412. The molecule has 2 aliphatic heterocycles. The fraction of sp³-hybridized carbons (Fsp3) is 0.467. The summed E-state index contributed by atoms with van der Waals surface area (Å²) in [6.45, 7) is 3.85. The molecule has 106 valence electrons. The van der Waals surface area contributed by atoms with Crippen molar-refractivity contribution < 1.29 is 4.79 Å². The number of piperazine rings is 1. The van der Waals surface area contributed by atoms with E-state index in [-0.39, 0.29) is 11.2 Å². The van der Waals surface area contributed by atoms with Crippen LogP contribution in [0.15, 0.2) is 35.3 Å². The van der Waals surface area contributed by atoms with E-state index >= 15 is 0 Å². The van der Waals surface area contributed by atoms with E-state index in [0.717, 1.165) is 44.2 Å². The van der Waals surface area contributed by atoms with E-state index < -0.39 is 0 Å². The first-order valence-electron chi connectivity index (χ1n) is 7.12. The van der Waals surface area contributed by atoms with Crippen molar-refractivity contribution in [2.45, 2.75) is 18.1 Å². The maximum Gasteiger partial charge on any atom is 0.261 e. The minimum atomic E-state index is 0.0000850. The predicted octanol–water partition coefficient (Wildman–Crippen LogP) is 1.52. The van der Waals surface area contributed by atoms with Gasteiger partial charge < -0.3 is 10.2 Å². The molecule has 4 nitrogen and oxygen atoms in total. The standard InChI is InChI=1S/C15H19N3OS/c19-14-13(7-6-12-4-2-1-3-5-12)20-15(17-14)18-10-8-16-9-11-18/h1-5,13,16H,6-11H2. The first kappa shape index (κ1) is 13.6. The van der Waals surface area contributed by atoms with Crippen molar-refractivity contribution >= 4 is 22.8 Å². The van der Waals surface area contributed by atoms with Crippen molar-refractivity contribution in [3.63, 3.8) is 0 Å². The van der Waals surface area contributed by atoms with Crippen molar-refractivity contribution in [2.24, 2.45) is 4.99 Å². The van der Waals surface area contributed by atoms with Crippen LogP contribution in [0.25, 0.3) is 0 Å². The lowest BCUT2D eigenvalue weighted by Gasteiger charge is -2.28. The fourth-order valence-electron chi connectivity index (χ4n) is 2.50. The SMILES string of the molecule is O=C1N=C(N2CCNCC2)SC1CCc1ccccc1. The van der Waals surface area contributed by atoms with Crippen molar-refractivity contribution in [2.75, 3.05) is 26.2 Å². The van der Waals surface area contributed by atoms with Crippen LogP contribution in [0.3, 0.4) is 0 Å². The predicted molar refractivity (Wildman–Crippen MR) is 83.0 cm³/mol. The highest BCUT2D eigenvalue weighted by Gasteiger charge is 2.31. The van der Waals surface area contributed by atoms with Gasteiger partial charge in [0.2, 0.25) is 0 Å². The fourth-order valence-corrected chi connectivity index (χ4v) is 3.61. The van der Waals surface area contributed by atoms with Gasteiger partial charge in [-0.25, -0.2) is 0 Å². The van der Waals surface area contributed by atoms with Crippen molar-refractivity contribution in [3.05, 3.63) is 35.9 Å². The summed E-state index contributed by atoms with van der Waals surface area (Å²) in [6, 6.07) is 10.3. The van der Waals surface area contributed by atoms with E-state index in [9.17, 15) is 4.79 Å². The molecule has 5 heteroatoms. The molecule has 3 rings (SSSR count). The van der Waals surface area contributed by atoms with Crippen LogP contribution >= 0.6 is 11.8 Å². The molecule has 0 saturated carbocycles. The molecule has 2 heterocycles. The van der Waals surface area contributed by atoms with Gasteiger partial charge in [0.1, 0.15) is 0 Å². The van der Waals surface area contributed by atoms with E-state index in [0.29, 0.717) is 0 Å². The summed E-state index contributed by atoms with van der Waals surface area (Å²) in [4.78, 5) is 18.5. The lowest BCUT2D eigenvalue weighted by molar-refractivity contribution is -0.117. The van der Waals surface area contributed by atoms with Crippen LogP contribution in [0.2, 0.25) is 0 Å². The number of nitrogens with zero attached hydrogens (tertiary/aromatic N) is 2. The molecule has 1 aromatic carbocycles. The largest absolute Gasteiger partial charge is 0.349 e. The first-order chi connectivity index (χ1) is 9.83. The highest BCUT2D eigenvalue weighted by Crippen LogP contribution is 2.28. The number of amidine groups is 1. The van der Waals surface area contributed by atoms with Crippen LogP contribution in [0.4, 0.5) is 0 Å². The second-order valence-corrected chi connectivity index (χ2v) is 6.27. The number of amides is 1. The summed E-state index contributed by atoms with van der Waals surface area (Å²) in [5, 5.41) is 4.24. The Bertz CT molecular complexity index is 497. The zero-order chi connectivity index (χ0) is 13.8. The Morgan fingerprint density at radius 1 is 1.25 bits per heavy atom. The van der Waals surface area contributed by atoms with E-state index in [2.05, 4.69) is 27.3 Å². The molecule has 0 aliphatic carbocycles. The molecule has 20 heavy (non-hydrogen) atoms. The van der Waals surface area contributed by atoms with E-state index in [4.69, 9.17) is 0 Å². The van der Waals surface area contributed by atoms with Gasteiger partial charge in [-0.15, -0.1) is 0 Å². The van der Waals surface area contributed by atoms with Gasteiger partial charge in [0.05, 0.1) is 5.25 Å². The third-order valence-electron chi connectivity index (χ3n) is 3.65. The number of aliphatic imine (C=N–C) groups is 1. The van der Waals surface area contributed by atoms with Gasteiger partial charge in [-0.2, -0.15) is 4.99 Å². The van der Waals surface area contributed by atoms with Gasteiger partial charge in [0, 0.05) is 26.2 Å². The van der Waals surface area contributed by atoms with Crippen LogP contribution in [-0.2, 0) is 11.2 Å². The zero-order valence-electron chi connectivity index (χ0n) is 11.4. The quantitative estimate of drug-likeness (QED) is 0.916. The lowest BCUT2D eigenvalue weighted by atomic mass is 10.1. The smallest absolute Gasteiger partial charge is 0.261 e. The molecular weight excluding hydrogens is 270 g/mol. The monoisotopic (exact) mass is 289 g/mol. The van der Waals surface area contributed by atoms with Crippen LogP contribution in [0, 0.1) is 0 Å². The number of carbonyl (C=O) groups is 1. The third-order valence-corrected chi connectivity index (χ3v) is 4.94. The maximum absolute atomic E-state index is 12.0. The molecule has 0 bridgehead atoms. The number of carbonyl (C=O) groups excluding carboxylic acids is 1. The molecular formula is C15H19N3OS. The highest BCUT2D eigenvalue weighted by molar-refractivity contribution is 8.15. The van der Waals surface area contributed by atoms with E-state index in [1.807, 2.05) is 18.2 Å². The topological polar surface area (TPSA) is 44.7 Å². The third kappa shape index (κ3) is 3.22. The van der Waals surface area contributed by atoms with Crippen LogP contribution in [0.1, 0.15) is 12.0 Å². The number of thioether (sulfide) groups is 1. The van der Waals surface area contributed by atoms with Crippen LogP contribution < -0.4 is 5.32 Å². The van der Waals surface area contributed by atoms with Crippen molar-refractivity contribution in [3.8, 4) is 0 Å². The minimum absolute atomic E-state index is 0.0000850. The summed E-state index contributed by atoms with van der Waals surface area (Å²) in [7, 11) is 0. The Labute approximate surface area is 123 Å². The Morgan fingerprint density at radius 3 is 2.75 bits per heavy atom. The van der Waals surface area contributed by atoms with Gasteiger partial charge in [0.25, 0.3) is 5.91 Å². The Hall–Kier alpha value is -1.33. The Morgan fingerprint density at radius 2 is 2.00 bits per heavy atom. The number of aryl methyl sites for hydroxylation is 1. The second kappa shape index (κ2) is 6.41. The molecule has 1 N–H and O–H groups in total. The molecule has 0 spiro atoms. The van der Waals surface area contributed by atoms with Gasteiger partial charge in [-0.3, -0.25) is 4.79 Å². The number of hydrogen-bond acceptors (Lipinski definition) is 4. The van der Waals surface area contributed by atoms with Gasteiger partial charge in [-0.1, -0.05) is 42.1 Å². The van der Waals surface area contributed by atoms with Gasteiger partial charge >= 0.3 is 0 Å². The summed E-state index contributed by atoms with van der Waals surface area (Å²) in [5.41, 5.74) is 1.29. The minimum Gasteiger partial charge on any atom is -0.349 e. The number of benzene rings is 1. The molecule has 2 aliphatic rings. The molecule has 0 aromatic heterocycles. The van der Waals surface area contributed by atoms with Gasteiger partial charge in [-0.05, 0) is 18.4 Å². The summed E-state index contributed by atoms with van der Waals surface area (Å²) >= 11 is 1.64. The molecule has 1 saturated heterocycles. The van der Waals surface area contributed by atoms with Gasteiger partial charge in [0.15, 0.2) is 5.17 Å². The molecule has 1 aromatic rings. The molecule has 1 atom stereocenters. The number of nitrogens with one attached hydrogen (secondary N) is 1. The average Bonchev–Trinajstić information content (AvgIpc) is 2.88. The Balaban J connectivity index is 1.54. The molecule has 1 unspecified atom stereocenters. The Kier molecular flexibility index (Phi) is 4.38. The van der Waals surface area contributed by atoms with E-state index in [1.165, 1.54) is 5.56 Å². The summed E-state index contributed by atoms with van der Waals surface area (Å²) in [6.07, 6.45) is 1.81. The maximum atomic E-state index is 12.0. The molecule has 1 fully saturated rings. The number of hydrogen-bond donors (Lipinski definition) is 1. The highest BCUT2D eigenvalue weighted by atomic mass is 32.2. The average molecular weight is 289 g/mol. The van der Waals surface area contributed by atoms with Crippen LogP contribution in [0.5, 0.6) is 0 Å². The lowest BCUT2D eigenvalue weighted by Crippen LogP contribution is -2.45. The van der Waals surface area contributed by atoms with Crippen molar-refractivity contribution in [1.29, 1.82) is 0 Å². The van der Waals surface area contributed by atoms with Crippen LogP contribution in [-0.4, -0.2) is 47.4 Å². The number of rotatable bonds is 3. The zero-order valence-corrected chi connectivity index (χ0v) is 12.2. The molecule has 1 amide bonds. The van der Waals surface area contributed by atoms with Crippen molar-refractivity contribution in [1.82, 2.24) is 10.2 Å². The second-order valence-electron chi connectivity index (χ2n) is 5.10.